The van der Waals surface area contributed by atoms with Gasteiger partial charge >= 0.3 is 0 Å². The lowest BCUT2D eigenvalue weighted by molar-refractivity contribution is 0.102. The third-order valence-corrected chi connectivity index (χ3v) is 3.16. The van der Waals surface area contributed by atoms with E-state index in [1.165, 1.54) is 30.3 Å². The zero-order chi connectivity index (χ0) is 14.0. The normalized spacial score (nSPS) is 10.2. The molecular weight excluding hydrogens is 362 g/mol. The molecule has 4 nitrogen and oxygen atoms in total. The van der Waals surface area contributed by atoms with Crippen molar-refractivity contribution in [3.8, 4) is 5.75 Å². The summed E-state index contributed by atoms with van der Waals surface area (Å²) in [7, 11) is 0. The number of nitrogens with one attached hydrogen (secondary N) is 1. The highest BCUT2D eigenvalue weighted by atomic mass is 127. The van der Waals surface area contributed by atoms with Crippen molar-refractivity contribution in [1.82, 2.24) is 0 Å². The molecule has 1 amide bonds. The molecule has 6 heteroatoms. The number of anilines is 2. The van der Waals surface area contributed by atoms with Crippen LogP contribution < -0.4 is 11.1 Å². The van der Waals surface area contributed by atoms with Crippen molar-refractivity contribution in [3.63, 3.8) is 0 Å². The molecule has 0 saturated heterocycles. The summed E-state index contributed by atoms with van der Waals surface area (Å²) in [5, 5.41) is 12.0. The van der Waals surface area contributed by atoms with Gasteiger partial charge in [-0.3, -0.25) is 4.79 Å². The molecule has 98 valence electrons. The molecule has 0 bridgehead atoms. The molecule has 0 atom stereocenters. The average Bonchev–Trinajstić information content (AvgIpc) is 2.37. The minimum Gasteiger partial charge on any atom is -0.507 e. The number of benzene rings is 2. The molecule has 0 aliphatic heterocycles. The molecule has 0 spiro atoms. The number of hydrogen-bond acceptors (Lipinski definition) is 3. The number of nitrogen functional groups attached to an aromatic ring is 1. The number of hydrogen-bond donors (Lipinski definition) is 3. The molecule has 0 radical (unpaired) electrons. The maximum atomic E-state index is 13.5. The summed E-state index contributed by atoms with van der Waals surface area (Å²) in [6.45, 7) is 0. The van der Waals surface area contributed by atoms with Crippen molar-refractivity contribution in [1.29, 1.82) is 0 Å². The number of nitrogens with two attached hydrogens (primary N) is 1. The molecule has 0 aromatic heterocycles. The van der Waals surface area contributed by atoms with Gasteiger partial charge in [0.2, 0.25) is 0 Å². The Morgan fingerprint density at radius 2 is 2.05 bits per heavy atom. The molecule has 0 fully saturated rings. The maximum absolute atomic E-state index is 13.5. The highest BCUT2D eigenvalue weighted by Crippen LogP contribution is 2.25. The molecule has 0 saturated carbocycles. The summed E-state index contributed by atoms with van der Waals surface area (Å²) in [6.07, 6.45) is 0. The molecule has 2 rings (SSSR count). The summed E-state index contributed by atoms with van der Waals surface area (Å²) in [5.74, 6) is -1.42. The van der Waals surface area contributed by atoms with Gasteiger partial charge in [0.05, 0.1) is 11.3 Å². The molecule has 4 N–H and O–H groups in total. The molecule has 2 aromatic rings. The van der Waals surface area contributed by atoms with E-state index < -0.39 is 11.7 Å². The Morgan fingerprint density at radius 3 is 2.74 bits per heavy atom. The van der Waals surface area contributed by atoms with E-state index >= 15 is 0 Å². The lowest BCUT2D eigenvalue weighted by atomic mass is 10.1. The van der Waals surface area contributed by atoms with Crippen LogP contribution in [0.2, 0.25) is 0 Å². The van der Waals surface area contributed by atoms with Crippen LogP contribution in [-0.2, 0) is 0 Å². The minimum absolute atomic E-state index is 0.0644. The lowest BCUT2D eigenvalue weighted by Gasteiger charge is -2.10. The second-order valence-corrected chi connectivity index (χ2v) is 5.07. The zero-order valence-electron chi connectivity index (χ0n) is 9.65. The molecule has 0 heterocycles. The topological polar surface area (TPSA) is 75.3 Å². The smallest absolute Gasteiger partial charge is 0.259 e. The number of aromatic hydroxyl groups is 1. The number of phenolic OH excluding ortho intramolecular Hbond substituents is 1. The van der Waals surface area contributed by atoms with E-state index in [-0.39, 0.29) is 22.7 Å². The second kappa shape index (κ2) is 5.43. The Kier molecular flexibility index (Phi) is 3.89. The number of phenols is 1. The fourth-order valence-electron chi connectivity index (χ4n) is 1.54. The van der Waals surface area contributed by atoms with Crippen LogP contribution in [0, 0.1) is 9.39 Å². The minimum atomic E-state index is -0.626. The molecule has 19 heavy (non-hydrogen) atoms. The highest BCUT2D eigenvalue weighted by molar-refractivity contribution is 14.1. The van der Waals surface area contributed by atoms with E-state index in [2.05, 4.69) is 5.32 Å². The summed E-state index contributed by atoms with van der Waals surface area (Å²) >= 11 is 2.01. The van der Waals surface area contributed by atoms with Crippen LogP contribution in [0.1, 0.15) is 10.4 Å². The van der Waals surface area contributed by atoms with E-state index in [9.17, 15) is 14.3 Å². The van der Waals surface area contributed by atoms with Crippen molar-refractivity contribution in [2.24, 2.45) is 0 Å². The van der Waals surface area contributed by atoms with Gasteiger partial charge in [-0.15, -0.1) is 0 Å². The van der Waals surface area contributed by atoms with E-state index in [0.29, 0.717) is 0 Å². The van der Waals surface area contributed by atoms with E-state index in [1.807, 2.05) is 22.6 Å². The van der Waals surface area contributed by atoms with Gasteiger partial charge in [-0.25, -0.2) is 4.39 Å². The number of para-hydroxylation sites is 1. The Bertz CT molecular complexity index is 626. The first-order chi connectivity index (χ1) is 8.99. The first-order valence-corrected chi connectivity index (χ1v) is 6.41. The van der Waals surface area contributed by atoms with Crippen LogP contribution in [0.4, 0.5) is 15.8 Å². The van der Waals surface area contributed by atoms with E-state index in [4.69, 9.17) is 5.73 Å². The number of amides is 1. The van der Waals surface area contributed by atoms with Crippen LogP contribution in [0.3, 0.4) is 0 Å². The summed E-state index contributed by atoms with van der Waals surface area (Å²) < 4.78 is 14.3. The molecular formula is C13H10FIN2O2. The van der Waals surface area contributed by atoms with E-state index in [0.717, 1.165) is 3.57 Å². The predicted octanol–water partition coefficient (Wildman–Crippen LogP) is 2.97. The van der Waals surface area contributed by atoms with Gasteiger partial charge in [0.1, 0.15) is 17.3 Å². The second-order valence-electron chi connectivity index (χ2n) is 3.82. The Labute approximate surface area is 122 Å². The van der Waals surface area contributed by atoms with Gasteiger partial charge in [-0.05, 0) is 52.9 Å². The van der Waals surface area contributed by atoms with Gasteiger partial charge < -0.3 is 16.2 Å². The van der Waals surface area contributed by atoms with Crippen molar-refractivity contribution in [2.75, 3.05) is 11.1 Å². The Morgan fingerprint density at radius 1 is 1.32 bits per heavy atom. The highest BCUT2D eigenvalue weighted by Gasteiger charge is 2.15. The van der Waals surface area contributed by atoms with Gasteiger partial charge in [0, 0.05) is 3.57 Å². The Balaban J connectivity index is 2.34. The number of halogens is 2. The van der Waals surface area contributed by atoms with Crippen LogP contribution in [-0.4, -0.2) is 11.0 Å². The predicted molar refractivity (Wildman–Crippen MR) is 79.6 cm³/mol. The summed E-state index contributed by atoms with van der Waals surface area (Å²) in [4.78, 5) is 12.0. The van der Waals surface area contributed by atoms with Gasteiger partial charge in [-0.2, -0.15) is 0 Å². The van der Waals surface area contributed by atoms with Crippen molar-refractivity contribution in [2.45, 2.75) is 0 Å². The van der Waals surface area contributed by atoms with Gasteiger partial charge in [0.25, 0.3) is 5.91 Å². The first kappa shape index (κ1) is 13.6. The summed E-state index contributed by atoms with van der Waals surface area (Å²) in [5.41, 5.74) is 5.69. The third kappa shape index (κ3) is 2.95. The number of rotatable bonds is 2. The molecule has 2 aromatic carbocycles. The standard InChI is InChI=1S/C13H10FIN2O2/c14-9-2-1-3-10(16)12(9)17-13(19)8-6-7(15)4-5-11(8)18/h1-6,18H,16H2,(H,17,19). The monoisotopic (exact) mass is 372 g/mol. The fourth-order valence-corrected chi connectivity index (χ4v) is 2.03. The summed E-state index contributed by atoms with van der Waals surface area (Å²) in [6, 6.07) is 8.69. The lowest BCUT2D eigenvalue weighted by Crippen LogP contribution is -2.14. The van der Waals surface area contributed by atoms with Crippen LogP contribution in [0.5, 0.6) is 5.75 Å². The first-order valence-electron chi connectivity index (χ1n) is 5.33. The van der Waals surface area contributed by atoms with Crippen LogP contribution in [0.25, 0.3) is 0 Å². The Hall–Kier alpha value is -1.83. The number of carbonyl (C=O) groups excluding carboxylic acids is 1. The van der Waals surface area contributed by atoms with Gasteiger partial charge in [-0.1, -0.05) is 6.07 Å². The fraction of sp³-hybridized carbons (Fsp3) is 0. The largest absolute Gasteiger partial charge is 0.507 e. The zero-order valence-corrected chi connectivity index (χ0v) is 11.8. The number of carbonyl (C=O) groups is 1. The quantitative estimate of drug-likeness (QED) is 0.561. The van der Waals surface area contributed by atoms with Crippen molar-refractivity contribution >= 4 is 39.9 Å². The molecule has 0 aliphatic carbocycles. The molecule has 0 aliphatic rings. The average molecular weight is 372 g/mol. The van der Waals surface area contributed by atoms with Crippen molar-refractivity contribution < 1.29 is 14.3 Å². The molecule has 0 unspecified atom stereocenters. The SMILES string of the molecule is Nc1cccc(F)c1NC(=O)c1cc(I)ccc1O. The van der Waals surface area contributed by atoms with Gasteiger partial charge in [0.15, 0.2) is 0 Å². The van der Waals surface area contributed by atoms with Crippen molar-refractivity contribution in [3.05, 3.63) is 51.3 Å². The van der Waals surface area contributed by atoms with E-state index in [1.54, 1.807) is 6.07 Å². The van der Waals surface area contributed by atoms with Crippen LogP contribution >= 0.6 is 22.6 Å². The van der Waals surface area contributed by atoms with Crippen LogP contribution in [0.15, 0.2) is 36.4 Å². The third-order valence-electron chi connectivity index (χ3n) is 2.49. The maximum Gasteiger partial charge on any atom is 0.259 e.